The van der Waals surface area contributed by atoms with Crippen molar-refractivity contribution in [2.75, 3.05) is 0 Å². The van der Waals surface area contributed by atoms with Gasteiger partial charge in [-0.05, 0) is 30.3 Å². The van der Waals surface area contributed by atoms with E-state index < -0.39 is 18.0 Å². The van der Waals surface area contributed by atoms with E-state index in [9.17, 15) is 14.3 Å². The lowest BCUT2D eigenvalue weighted by atomic mass is 9.93. The molecule has 0 aliphatic carbocycles. The van der Waals surface area contributed by atoms with Crippen LogP contribution in [0.15, 0.2) is 53.5 Å². The number of aliphatic imine (C=N–C) groups is 1. The van der Waals surface area contributed by atoms with E-state index in [2.05, 4.69) is 4.99 Å². The van der Waals surface area contributed by atoms with E-state index >= 15 is 0 Å². The molecule has 2 atom stereocenters. The number of hydrogen-bond donors (Lipinski definition) is 1. The summed E-state index contributed by atoms with van der Waals surface area (Å²) in [5.74, 6) is -1.45. The largest absolute Gasteiger partial charge is 0.426 e. The van der Waals surface area contributed by atoms with Crippen LogP contribution in [0.4, 0.5) is 10.1 Å². The maximum absolute atomic E-state index is 12.8. The van der Waals surface area contributed by atoms with Crippen LogP contribution in [-0.2, 0) is 4.79 Å². The first kappa shape index (κ1) is 13.5. The number of ether oxygens (including phenoxy) is 1. The van der Waals surface area contributed by atoms with Gasteiger partial charge >= 0.3 is 5.97 Å². The summed E-state index contributed by atoms with van der Waals surface area (Å²) >= 11 is 0. The Hall–Kier alpha value is -2.53. The monoisotopic (exact) mass is 285 g/mol. The Morgan fingerprint density at radius 1 is 1.14 bits per heavy atom. The SMILES string of the molecule is O=C1Oc2ccccc2[C@@H](O)[C@H]1C=Nc1ccc(F)cc1. The summed E-state index contributed by atoms with van der Waals surface area (Å²) in [4.78, 5) is 16.0. The van der Waals surface area contributed by atoms with E-state index in [1.807, 2.05) is 0 Å². The van der Waals surface area contributed by atoms with Crippen molar-refractivity contribution >= 4 is 17.9 Å². The minimum absolute atomic E-state index is 0.361. The number of hydrogen-bond acceptors (Lipinski definition) is 4. The minimum atomic E-state index is -1.01. The molecule has 0 amide bonds. The molecule has 1 aliphatic heterocycles. The predicted molar refractivity (Wildman–Crippen MR) is 75.1 cm³/mol. The van der Waals surface area contributed by atoms with Gasteiger partial charge in [-0.2, -0.15) is 0 Å². The predicted octanol–water partition coefficient (Wildman–Crippen LogP) is 2.80. The quantitative estimate of drug-likeness (QED) is 0.524. The molecule has 0 saturated heterocycles. The molecule has 0 aromatic heterocycles. The maximum Gasteiger partial charge on any atom is 0.322 e. The number of aliphatic hydroxyl groups excluding tert-OH is 1. The molecule has 21 heavy (non-hydrogen) atoms. The summed E-state index contributed by atoms with van der Waals surface area (Å²) in [5.41, 5.74) is 1.04. The van der Waals surface area contributed by atoms with Crippen LogP contribution in [0.5, 0.6) is 5.75 Å². The second-order valence-corrected chi connectivity index (χ2v) is 4.68. The van der Waals surface area contributed by atoms with Crippen LogP contribution in [-0.4, -0.2) is 17.3 Å². The highest BCUT2D eigenvalue weighted by molar-refractivity contribution is 5.94. The van der Waals surface area contributed by atoms with Gasteiger partial charge in [0.05, 0.1) is 5.69 Å². The molecule has 3 rings (SSSR count). The summed E-state index contributed by atoms with van der Waals surface area (Å²) in [5, 5.41) is 10.3. The first-order valence-corrected chi connectivity index (χ1v) is 6.43. The highest BCUT2D eigenvalue weighted by atomic mass is 19.1. The zero-order valence-corrected chi connectivity index (χ0v) is 10.9. The van der Waals surface area contributed by atoms with Crippen LogP contribution in [0.1, 0.15) is 11.7 Å². The van der Waals surface area contributed by atoms with Gasteiger partial charge in [-0.25, -0.2) is 4.39 Å². The zero-order chi connectivity index (χ0) is 14.8. The standard InChI is InChI=1S/C16H12FNO3/c17-10-5-7-11(8-6-10)18-9-13-15(19)12-3-1-2-4-14(12)21-16(13)20/h1-9,13,15,19H/t13-,15-/m1/s1. The fraction of sp³-hybridized carbons (Fsp3) is 0.125. The number of aliphatic hydroxyl groups is 1. The van der Waals surface area contributed by atoms with Crippen molar-refractivity contribution in [2.45, 2.75) is 6.10 Å². The zero-order valence-electron chi connectivity index (χ0n) is 10.9. The molecular weight excluding hydrogens is 273 g/mol. The van der Waals surface area contributed by atoms with Gasteiger partial charge < -0.3 is 9.84 Å². The Balaban J connectivity index is 1.86. The molecule has 1 N–H and O–H groups in total. The number of carbonyl (C=O) groups is 1. The number of esters is 1. The third-order valence-corrected chi connectivity index (χ3v) is 3.27. The average Bonchev–Trinajstić information content (AvgIpc) is 2.49. The van der Waals surface area contributed by atoms with Gasteiger partial charge in [-0.15, -0.1) is 0 Å². The van der Waals surface area contributed by atoms with Gasteiger partial charge in [0, 0.05) is 11.8 Å². The van der Waals surface area contributed by atoms with Gasteiger partial charge in [-0.3, -0.25) is 9.79 Å². The lowest BCUT2D eigenvalue weighted by Gasteiger charge is -2.25. The van der Waals surface area contributed by atoms with Gasteiger partial charge in [0.1, 0.15) is 23.6 Å². The average molecular weight is 285 g/mol. The summed E-state index contributed by atoms with van der Waals surface area (Å²) < 4.78 is 18.0. The van der Waals surface area contributed by atoms with Crippen molar-refractivity contribution in [1.29, 1.82) is 0 Å². The summed E-state index contributed by atoms with van der Waals surface area (Å²) in [7, 11) is 0. The van der Waals surface area contributed by atoms with Crippen molar-refractivity contribution in [2.24, 2.45) is 10.9 Å². The molecule has 4 nitrogen and oxygen atoms in total. The summed E-state index contributed by atoms with van der Waals surface area (Å²) in [6.45, 7) is 0. The van der Waals surface area contributed by atoms with Crippen molar-refractivity contribution in [3.63, 3.8) is 0 Å². The molecule has 1 heterocycles. The summed E-state index contributed by atoms with van der Waals surface area (Å²) in [6, 6.07) is 12.3. The van der Waals surface area contributed by atoms with E-state index in [1.165, 1.54) is 30.5 Å². The van der Waals surface area contributed by atoms with Crippen molar-refractivity contribution in [3.05, 3.63) is 59.9 Å². The van der Waals surface area contributed by atoms with Crippen LogP contribution in [0.2, 0.25) is 0 Å². The number of carbonyl (C=O) groups excluding carboxylic acids is 1. The first-order chi connectivity index (χ1) is 10.1. The number of rotatable bonds is 2. The smallest absolute Gasteiger partial charge is 0.322 e. The molecule has 0 saturated carbocycles. The molecule has 0 fully saturated rings. The van der Waals surface area contributed by atoms with Crippen LogP contribution in [0.3, 0.4) is 0 Å². The Kier molecular flexibility index (Phi) is 3.50. The summed E-state index contributed by atoms with van der Waals surface area (Å²) in [6.07, 6.45) is 0.322. The van der Waals surface area contributed by atoms with Crippen molar-refractivity contribution < 1.29 is 19.0 Å². The number of para-hydroxylation sites is 1. The van der Waals surface area contributed by atoms with E-state index in [4.69, 9.17) is 4.74 Å². The third-order valence-electron chi connectivity index (χ3n) is 3.27. The number of benzene rings is 2. The van der Waals surface area contributed by atoms with Crippen LogP contribution in [0.25, 0.3) is 0 Å². The van der Waals surface area contributed by atoms with Crippen LogP contribution < -0.4 is 4.74 Å². The van der Waals surface area contributed by atoms with E-state index in [1.54, 1.807) is 24.3 Å². The Morgan fingerprint density at radius 3 is 2.62 bits per heavy atom. The van der Waals surface area contributed by atoms with Crippen LogP contribution >= 0.6 is 0 Å². The minimum Gasteiger partial charge on any atom is -0.426 e. The second-order valence-electron chi connectivity index (χ2n) is 4.68. The van der Waals surface area contributed by atoms with Gasteiger partial charge in [0.2, 0.25) is 0 Å². The van der Waals surface area contributed by atoms with E-state index in [0.29, 0.717) is 17.0 Å². The topological polar surface area (TPSA) is 58.9 Å². The molecular formula is C16H12FNO3. The molecule has 0 bridgehead atoms. The molecule has 2 aromatic rings. The maximum atomic E-state index is 12.8. The molecule has 0 spiro atoms. The molecule has 106 valence electrons. The molecule has 0 radical (unpaired) electrons. The van der Waals surface area contributed by atoms with Crippen molar-refractivity contribution in [3.8, 4) is 5.75 Å². The van der Waals surface area contributed by atoms with E-state index in [0.717, 1.165) is 0 Å². The van der Waals surface area contributed by atoms with E-state index in [-0.39, 0.29) is 5.82 Å². The molecule has 2 aromatic carbocycles. The Bertz CT molecular complexity index is 697. The Morgan fingerprint density at radius 2 is 1.86 bits per heavy atom. The number of nitrogens with zero attached hydrogens (tertiary/aromatic N) is 1. The molecule has 1 aliphatic rings. The van der Waals surface area contributed by atoms with Gasteiger partial charge in [0.15, 0.2) is 0 Å². The fourth-order valence-corrected chi connectivity index (χ4v) is 2.15. The second kappa shape index (κ2) is 5.46. The normalized spacial score (nSPS) is 21.1. The highest BCUT2D eigenvalue weighted by Crippen LogP contribution is 2.35. The van der Waals surface area contributed by atoms with Crippen LogP contribution in [0, 0.1) is 11.7 Å². The van der Waals surface area contributed by atoms with Crippen molar-refractivity contribution in [1.82, 2.24) is 0 Å². The third kappa shape index (κ3) is 2.68. The fourth-order valence-electron chi connectivity index (χ4n) is 2.15. The van der Waals surface area contributed by atoms with Gasteiger partial charge in [0.25, 0.3) is 0 Å². The Labute approximate surface area is 120 Å². The lowest BCUT2D eigenvalue weighted by Crippen LogP contribution is -2.32. The lowest BCUT2D eigenvalue weighted by molar-refractivity contribution is -0.141. The number of halogens is 1. The first-order valence-electron chi connectivity index (χ1n) is 6.43. The molecule has 5 heteroatoms. The highest BCUT2D eigenvalue weighted by Gasteiger charge is 2.35. The number of fused-ring (bicyclic) bond motifs is 1. The van der Waals surface area contributed by atoms with Gasteiger partial charge in [-0.1, -0.05) is 18.2 Å². The molecule has 0 unspecified atom stereocenters.